The van der Waals surface area contributed by atoms with E-state index < -0.39 is 0 Å². The summed E-state index contributed by atoms with van der Waals surface area (Å²) in [6, 6.07) is 8.61. The molecule has 0 spiro atoms. The minimum absolute atomic E-state index is 0.184. The molecule has 0 bridgehead atoms. The van der Waals surface area contributed by atoms with Crippen LogP contribution in [0.4, 0.5) is 0 Å². The van der Waals surface area contributed by atoms with E-state index in [0.29, 0.717) is 13.2 Å². The highest BCUT2D eigenvalue weighted by Gasteiger charge is 2.18. The van der Waals surface area contributed by atoms with Crippen LogP contribution < -0.4 is 5.32 Å². The van der Waals surface area contributed by atoms with Crippen LogP contribution in [0.15, 0.2) is 24.3 Å². The molecule has 0 amide bonds. The van der Waals surface area contributed by atoms with Gasteiger partial charge in [-0.15, -0.1) is 0 Å². The fourth-order valence-electron chi connectivity index (χ4n) is 2.15. The fourth-order valence-corrected chi connectivity index (χ4v) is 2.15. The lowest BCUT2D eigenvalue weighted by Crippen LogP contribution is -2.45. The van der Waals surface area contributed by atoms with Gasteiger partial charge in [-0.3, -0.25) is 0 Å². The second-order valence-electron chi connectivity index (χ2n) is 4.91. The molecule has 2 unspecified atom stereocenters. The van der Waals surface area contributed by atoms with Crippen LogP contribution in [-0.4, -0.2) is 31.9 Å². The molecule has 0 aliphatic carbocycles. The summed E-state index contributed by atoms with van der Waals surface area (Å²) in [5.74, 6) is 0. The SMILES string of the molecule is CCc1ccc(COCC2CNCC(C)O2)cc1. The van der Waals surface area contributed by atoms with Crippen molar-refractivity contribution in [2.24, 2.45) is 0 Å². The lowest BCUT2D eigenvalue weighted by Gasteiger charge is -2.28. The predicted molar refractivity (Wildman–Crippen MR) is 72.7 cm³/mol. The highest BCUT2D eigenvalue weighted by molar-refractivity contribution is 5.21. The minimum atomic E-state index is 0.184. The van der Waals surface area contributed by atoms with Crippen molar-refractivity contribution in [1.82, 2.24) is 5.32 Å². The maximum absolute atomic E-state index is 5.77. The molecule has 100 valence electrons. The molecule has 3 heteroatoms. The highest BCUT2D eigenvalue weighted by atomic mass is 16.5. The molecular formula is C15H23NO2. The van der Waals surface area contributed by atoms with Crippen LogP contribution in [0.5, 0.6) is 0 Å². The molecule has 2 atom stereocenters. The van der Waals surface area contributed by atoms with E-state index in [-0.39, 0.29) is 12.2 Å². The lowest BCUT2D eigenvalue weighted by atomic mass is 10.1. The normalized spacial score (nSPS) is 24.1. The number of morpholine rings is 1. The summed E-state index contributed by atoms with van der Waals surface area (Å²) in [6.07, 6.45) is 1.56. The Kier molecular flexibility index (Phi) is 5.17. The fraction of sp³-hybridized carbons (Fsp3) is 0.600. The van der Waals surface area contributed by atoms with Gasteiger partial charge in [0.25, 0.3) is 0 Å². The topological polar surface area (TPSA) is 30.5 Å². The van der Waals surface area contributed by atoms with Gasteiger partial charge in [0, 0.05) is 13.1 Å². The number of hydrogen-bond acceptors (Lipinski definition) is 3. The number of nitrogens with one attached hydrogen (secondary N) is 1. The second kappa shape index (κ2) is 6.88. The van der Waals surface area contributed by atoms with Gasteiger partial charge in [0.1, 0.15) is 0 Å². The van der Waals surface area contributed by atoms with Gasteiger partial charge in [-0.2, -0.15) is 0 Å². The van der Waals surface area contributed by atoms with Gasteiger partial charge in [0.15, 0.2) is 0 Å². The average Bonchev–Trinajstić information content (AvgIpc) is 2.40. The summed E-state index contributed by atoms with van der Waals surface area (Å²) in [4.78, 5) is 0. The smallest absolute Gasteiger partial charge is 0.0936 e. The Morgan fingerprint density at radius 3 is 2.61 bits per heavy atom. The quantitative estimate of drug-likeness (QED) is 0.867. The van der Waals surface area contributed by atoms with Crippen molar-refractivity contribution in [2.75, 3.05) is 19.7 Å². The zero-order valence-corrected chi connectivity index (χ0v) is 11.3. The first-order valence-electron chi connectivity index (χ1n) is 6.79. The molecule has 1 aliphatic heterocycles. The zero-order chi connectivity index (χ0) is 12.8. The Morgan fingerprint density at radius 1 is 1.22 bits per heavy atom. The predicted octanol–water partition coefficient (Wildman–Crippen LogP) is 2.14. The molecule has 1 aliphatic rings. The van der Waals surface area contributed by atoms with Crippen LogP contribution >= 0.6 is 0 Å². The van der Waals surface area contributed by atoms with Crippen LogP contribution in [0.1, 0.15) is 25.0 Å². The van der Waals surface area contributed by atoms with Gasteiger partial charge in [-0.25, -0.2) is 0 Å². The van der Waals surface area contributed by atoms with Crippen LogP contribution in [0, 0.1) is 0 Å². The van der Waals surface area contributed by atoms with Gasteiger partial charge >= 0.3 is 0 Å². The number of aryl methyl sites for hydroxylation is 1. The van der Waals surface area contributed by atoms with E-state index in [0.717, 1.165) is 19.5 Å². The van der Waals surface area contributed by atoms with Gasteiger partial charge < -0.3 is 14.8 Å². The second-order valence-corrected chi connectivity index (χ2v) is 4.91. The van der Waals surface area contributed by atoms with Crippen molar-refractivity contribution < 1.29 is 9.47 Å². The third-order valence-electron chi connectivity index (χ3n) is 3.23. The minimum Gasteiger partial charge on any atom is -0.374 e. The van der Waals surface area contributed by atoms with E-state index in [9.17, 15) is 0 Å². The summed E-state index contributed by atoms with van der Waals surface area (Å²) in [6.45, 7) is 7.40. The van der Waals surface area contributed by atoms with E-state index in [2.05, 4.69) is 43.4 Å². The molecule has 0 aromatic heterocycles. The average molecular weight is 249 g/mol. The van der Waals surface area contributed by atoms with Crippen LogP contribution in [0.25, 0.3) is 0 Å². The Hall–Kier alpha value is -0.900. The van der Waals surface area contributed by atoms with E-state index in [4.69, 9.17) is 9.47 Å². The largest absolute Gasteiger partial charge is 0.374 e. The zero-order valence-electron chi connectivity index (χ0n) is 11.3. The molecule has 1 aromatic carbocycles. The first kappa shape index (κ1) is 13.5. The molecule has 0 saturated carbocycles. The summed E-state index contributed by atoms with van der Waals surface area (Å²) < 4.78 is 11.5. The monoisotopic (exact) mass is 249 g/mol. The first-order chi connectivity index (χ1) is 8.78. The van der Waals surface area contributed by atoms with Crippen LogP contribution in [-0.2, 0) is 22.5 Å². The summed E-state index contributed by atoms with van der Waals surface area (Å²) in [7, 11) is 0. The molecule has 0 radical (unpaired) electrons. The first-order valence-corrected chi connectivity index (χ1v) is 6.79. The van der Waals surface area contributed by atoms with Crippen LogP contribution in [0.3, 0.4) is 0 Å². The van der Waals surface area contributed by atoms with E-state index in [1.807, 2.05) is 0 Å². The molecule has 1 heterocycles. The number of ether oxygens (including phenoxy) is 2. The Balaban J connectivity index is 1.70. The molecule has 18 heavy (non-hydrogen) atoms. The molecule has 3 nitrogen and oxygen atoms in total. The third kappa shape index (κ3) is 4.09. The van der Waals surface area contributed by atoms with E-state index in [1.165, 1.54) is 11.1 Å². The van der Waals surface area contributed by atoms with Gasteiger partial charge in [0.2, 0.25) is 0 Å². The number of hydrogen-bond donors (Lipinski definition) is 1. The van der Waals surface area contributed by atoms with Crippen molar-refractivity contribution >= 4 is 0 Å². The number of rotatable bonds is 5. The molecular weight excluding hydrogens is 226 g/mol. The van der Waals surface area contributed by atoms with Crippen molar-refractivity contribution in [3.05, 3.63) is 35.4 Å². The van der Waals surface area contributed by atoms with Crippen molar-refractivity contribution in [2.45, 2.75) is 39.1 Å². The number of benzene rings is 1. The lowest BCUT2D eigenvalue weighted by molar-refractivity contribution is -0.0716. The van der Waals surface area contributed by atoms with Crippen LogP contribution in [0.2, 0.25) is 0 Å². The van der Waals surface area contributed by atoms with Gasteiger partial charge in [-0.05, 0) is 24.5 Å². The summed E-state index contributed by atoms with van der Waals surface area (Å²) in [5.41, 5.74) is 2.59. The van der Waals surface area contributed by atoms with Crippen molar-refractivity contribution in [3.63, 3.8) is 0 Å². The molecule has 2 rings (SSSR count). The van der Waals surface area contributed by atoms with Gasteiger partial charge in [-0.1, -0.05) is 31.2 Å². The van der Waals surface area contributed by atoms with Gasteiger partial charge in [0.05, 0.1) is 25.4 Å². The Bertz CT molecular complexity index is 350. The standard InChI is InChI=1S/C15H23NO2/c1-3-13-4-6-14(7-5-13)10-17-11-15-9-16-8-12(2)18-15/h4-7,12,15-16H,3,8-11H2,1-2H3. The van der Waals surface area contributed by atoms with E-state index >= 15 is 0 Å². The molecule has 1 aromatic rings. The summed E-state index contributed by atoms with van der Waals surface area (Å²) in [5, 5.41) is 3.34. The molecule has 1 fully saturated rings. The van der Waals surface area contributed by atoms with Crippen molar-refractivity contribution in [3.8, 4) is 0 Å². The molecule has 1 N–H and O–H groups in total. The van der Waals surface area contributed by atoms with Crippen molar-refractivity contribution in [1.29, 1.82) is 0 Å². The maximum Gasteiger partial charge on any atom is 0.0936 e. The molecule has 1 saturated heterocycles. The third-order valence-corrected chi connectivity index (χ3v) is 3.23. The highest BCUT2D eigenvalue weighted by Crippen LogP contribution is 2.08. The van der Waals surface area contributed by atoms with E-state index in [1.54, 1.807) is 0 Å². The Morgan fingerprint density at radius 2 is 1.94 bits per heavy atom. The summed E-state index contributed by atoms with van der Waals surface area (Å²) >= 11 is 0. The maximum atomic E-state index is 5.77. The Labute approximate surface area is 109 Å².